The molecule has 2 rings (SSSR count). The number of unbranched alkanes of at least 4 members (excludes halogenated alkanes) is 2. The van der Waals surface area contributed by atoms with E-state index >= 15 is 0 Å². The van der Waals surface area contributed by atoms with Gasteiger partial charge >= 0.3 is 0 Å². The van der Waals surface area contributed by atoms with Crippen molar-refractivity contribution in [2.24, 2.45) is 0 Å². The first-order valence-corrected chi connectivity index (χ1v) is 7.25. The van der Waals surface area contributed by atoms with Crippen LogP contribution in [0.3, 0.4) is 0 Å². The molecule has 0 radical (unpaired) electrons. The fourth-order valence-corrected chi connectivity index (χ4v) is 2.40. The lowest BCUT2D eigenvalue weighted by molar-refractivity contribution is -0.118. The Hall–Kier alpha value is -1.96. The van der Waals surface area contributed by atoms with E-state index in [0.717, 1.165) is 30.0 Å². The van der Waals surface area contributed by atoms with E-state index in [4.69, 9.17) is 0 Å². The molecule has 0 spiro atoms. The molecule has 104 valence electrons. The van der Waals surface area contributed by atoms with Crippen molar-refractivity contribution in [3.8, 4) is 0 Å². The van der Waals surface area contributed by atoms with Crippen LogP contribution in [-0.2, 0) is 4.79 Å². The van der Waals surface area contributed by atoms with Gasteiger partial charge in [0.15, 0.2) is 5.78 Å². The topological polar surface area (TPSA) is 34.1 Å². The van der Waals surface area contributed by atoms with Gasteiger partial charge in [-0.05, 0) is 17.2 Å². The predicted molar refractivity (Wildman–Crippen MR) is 82.0 cm³/mol. The highest BCUT2D eigenvalue weighted by atomic mass is 16.1. The SMILES string of the molecule is CCCCCC(=O)CC(=O)c1cccc2ccccc12. The molecule has 0 bridgehead atoms. The largest absolute Gasteiger partial charge is 0.299 e. The standard InChI is InChI=1S/C18H20O2/c1-2-3-4-10-15(19)13-18(20)17-12-7-9-14-8-5-6-11-16(14)17/h5-9,11-12H,2-4,10,13H2,1H3. The van der Waals surface area contributed by atoms with Gasteiger partial charge in [0, 0.05) is 12.0 Å². The van der Waals surface area contributed by atoms with E-state index in [0.29, 0.717) is 12.0 Å². The lowest BCUT2D eigenvalue weighted by atomic mass is 9.97. The Bertz CT molecular complexity index is 608. The quantitative estimate of drug-likeness (QED) is 0.419. The first kappa shape index (κ1) is 14.4. The number of ketones is 2. The van der Waals surface area contributed by atoms with Crippen LogP contribution >= 0.6 is 0 Å². The normalized spacial score (nSPS) is 10.7. The Kier molecular flexibility index (Phi) is 5.05. The summed E-state index contributed by atoms with van der Waals surface area (Å²) >= 11 is 0. The molecule has 2 nitrogen and oxygen atoms in total. The second-order valence-electron chi connectivity index (χ2n) is 5.12. The summed E-state index contributed by atoms with van der Waals surface area (Å²) in [5.41, 5.74) is 0.659. The maximum absolute atomic E-state index is 12.3. The number of carbonyl (C=O) groups excluding carboxylic acids is 2. The minimum atomic E-state index is -0.0664. The Morgan fingerprint density at radius 1 is 0.950 bits per heavy atom. The molecule has 0 aliphatic rings. The fraction of sp³-hybridized carbons (Fsp3) is 0.333. The second-order valence-corrected chi connectivity index (χ2v) is 5.12. The van der Waals surface area contributed by atoms with Crippen LogP contribution in [0.5, 0.6) is 0 Å². The van der Waals surface area contributed by atoms with E-state index in [1.807, 2.05) is 42.5 Å². The first-order valence-electron chi connectivity index (χ1n) is 7.25. The molecule has 0 N–H and O–H groups in total. The van der Waals surface area contributed by atoms with Crippen LogP contribution in [-0.4, -0.2) is 11.6 Å². The van der Waals surface area contributed by atoms with Crippen molar-refractivity contribution in [2.75, 3.05) is 0 Å². The molecule has 0 aliphatic heterocycles. The van der Waals surface area contributed by atoms with Crippen LogP contribution in [0, 0.1) is 0 Å². The highest BCUT2D eigenvalue weighted by Crippen LogP contribution is 2.20. The minimum absolute atomic E-state index is 0.0255. The number of fused-ring (bicyclic) bond motifs is 1. The van der Waals surface area contributed by atoms with Crippen LogP contribution in [0.25, 0.3) is 10.8 Å². The summed E-state index contributed by atoms with van der Waals surface area (Å²) in [6, 6.07) is 13.4. The van der Waals surface area contributed by atoms with Gasteiger partial charge in [-0.15, -0.1) is 0 Å². The summed E-state index contributed by atoms with van der Waals surface area (Å²) in [7, 11) is 0. The molecule has 0 saturated heterocycles. The highest BCUT2D eigenvalue weighted by molar-refractivity contribution is 6.14. The number of benzene rings is 2. The van der Waals surface area contributed by atoms with Crippen LogP contribution in [0.4, 0.5) is 0 Å². The van der Waals surface area contributed by atoms with Crippen molar-refractivity contribution >= 4 is 22.3 Å². The molecular formula is C18H20O2. The maximum Gasteiger partial charge on any atom is 0.170 e. The predicted octanol–water partition coefficient (Wildman–Crippen LogP) is 4.56. The summed E-state index contributed by atoms with van der Waals surface area (Å²) in [6.07, 6.45) is 3.57. The van der Waals surface area contributed by atoms with Gasteiger partial charge in [0.2, 0.25) is 0 Å². The average molecular weight is 268 g/mol. The zero-order chi connectivity index (χ0) is 14.4. The minimum Gasteiger partial charge on any atom is -0.299 e. The molecular weight excluding hydrogens is 248 g/mol. The molecule has 2 heteroatoms. The monoisotopic (exact) mass is 268 g/mol. The highest BCUT2D eigenvalue weighted by Gasteiger charge is 2.13. The molecule has 0 atom stereocenters. The molecule has 20 heavy (non-hydrogen) atoms. The number of rotatable bonds is 7. The van der Waals surface area contributed by atoms with E-state index in [1.165, 1.54) is 0 Å². The van der Waals surface area contributed by atoms with Crippen molar-refractivity contribution in [3.05, 3.63) is 48.0 Å². The molecule has 0 fully saturated rings. The summed E-state index contributed by atoms with van der Waals surface area (Å²) in [6.45, 7) is 2.10. The number of hydrogen-bond acceptors (Lipinski definition) is 2. The average Bonchev–Trinajstić information content (AvgIpc) is 2.47. The molecule has 2 aromatic carbocycles. The van der Waals surface area contributed by atoms with Gasteiger partial charge in [-0.2, -0.15) is 0 Å². The van der Waals surface area contributed by atoms with E-state index in [1.54, 1.807) is 0 Å². The van der Waals surface area contributed by atoms with E-state index in [2.05, 4.69) is 6.92 Å². The van der Waals surface area contributed by atoms with Crippen molar-refractivity contribution in [1.82, 2.24) is 0 Å². The Balaban J connectivity index is 2.10. The van der Waals surface area contributed by atoms with Gasteiger partial charge in [-0.25, -0.2) is 0 Å². The lowest BCUT2D eigenvalue weighted by Crippen LogP contribution is -2.08. The van der Waals surface area contributed by atoms with Crippen molar-refractivity contribution < 1.29 is 9.59 Å². The van der Waals surface area contributed by atoms with Gasteiger partial charge < -0.3 is 0 Å². The van der Waals surface area contributed by atoms with E-state index in [9.17, 15) is 9.59 Å². The van der Waals surface area contributed by atoms with Crippen LogP contribution in [0.2, 0.25) is 0 Å². The molecule has 0 aliphatic carbocycles. The van der Waals surface area contributed by atoms with Crippen molar-refractivity contribution in [3.63, 3.8) is 0 Å². The Morgan fingerprint density at radius 3 is 2.50 bits per heavy atom. The van der Waals surface area contributed by atoms with Gasteiger partial charge in [0.25, 0.3) is 0 Å². The van der Waals surface area contributed by atoms with Crippen LogP contribution < -0.4 is 0 Å². The third-order valence-electron chi connectivity index (χ3n) is 3.51. The Morgan fingerprint density at radius 2 is 1.70 bits per heavy atom. The maximum atomic E-state index is 12.3. The summed E-state index contributed by atoms with van der Waals surface area (Å²) < 4.78 is 0. The lowest BCUT2D eigenvalue weighted by Gasteiger charge is -2.05. The second kappa shape index (κ2) is 6.99. The zero-order valence-electron chi connectivity index (χ0n) is 11.9. The van der Waals surface area contributed by atoms with Gasteiger partial charge in [-0.1, -0.05) is 62.2 Å². The zero-order valence-corrected chi connectivity index (χ0v) is 11.9. The number of hydrogen-bond donors (Lipinski definition) is 0. The fourth-order valence-electron chi connectivity index (χ4n) is 2.40. The van der Waals surface area contributed by atoms with Gasteiger partial charge in [0.05, 0.1) is 6.42 Å². The van der Waals surface area contributed by atoms with Crippen LogP contribution in [0.15, 0.2) is 42.5 Å². The molecule has 2 aromatic rings. The van der Waals surface area contributed by atoms with Gasteiger partial charge in [-0.3, -0.25) is 9.59 Å². The summed E-state index contributed by atoms with van der Waals surface area (Å²) in [5, 5.41) is 1.97. The number of Topliss-reactive ketones (excluding diaryl/α,β-unsaturated/α-hetero) is 2. The summed E-state index contributed by atoms with van der Waals surface area (Å²) in [5.74, 6) is -0.0142. The first-order chi connectivity index (χ1) is 9.72. The van der Waals surface area contributed by atoms with Gasteiger partial charge in [0.1, 0.15) is 5.78 Å². The molecule has 0 unspecified atom stereocenters. The van der Waals surface area contributed by atoms with Crippen molar-refractivity contribution in [2.45, 2.75) is 39.0 Å². The Labute approximate surface area is 119 Å². The van der Waals surface area contributed by atoms with E-state index < -0.39 is 0 Å². The molecule has 0 amide bonds. The third kappa shape index (κ3) is 3.53. The molecule has 0 saturated carbocycles. The molecule has 0 heterocycles. The molecule has 0 aromatic heterocycles. The third-order valence-corrected chi connectivity index (χ3v) is 3.51. The summed E-state index contributed by atoms with van der Waals surface area (Å²) in [4.78, 5) is 24.1. The smallest absolute Gasteiger partial charge is 0.170 e. The number of carbonyl (C=O) groups is 2. The van der Waals surface area contributed by atoms with Crippen LogP contribution in [0.1, 0.15) is 49.4 Å². The van der Waals surface area contributed by atoms with Crippen molar-refractivity contribution in [1.29, 1.82) is 0 Å². The van der Waals surface area contributed by atoms with E-state index in [-0.39, 0.29) is 18.0 Å².